The maximum atomic E-state index is 10.6. The Bertz CT molecular complexity index is 375. The van der Waals surface area contributed by atoms with Crippen LogP contribution in [0.15, 0.2) is 18.3 Å². The van der Waals surface area contributed by atoms with Gasteiger partial charge in [0.2, 0.25) is 0 Å². The summed E-state index contributed by atoms with van der Waals surface area (Å²) in [6.45, 7) is 4.00. The van der Waals surface area contributed by atoms with Gasteiger partial charge < -0.3 is 10.4 Å². The zero-order valence-electron chi connectivity index (χ0n) is 9.31. The lowest BCUT2D eigenvalue weighted by Gasteiger charge is -2.03. The first-order valence-corrected chi connectivity index (χ1v) is 5.55. The third kappa shape index (κ3) is 2.79. The topological polar surface area (TPSA) is 62.2 Å². The van der Waals surface area contributed by atoms with Crippen molar-refractivity contribution < 1.29 is 9.90 Å². The Morgan fingerprint density at radius 1 is 1.62 bits per heavy atom. The monoisotopic (exact) mass is 220 g/mol. The smallest absolute Gasteiger partial charge is 0.337 e. The Morgan fingerprint density at radius 3 is 2.88 bits per heavy atom. The number of aromatic carboxylic acids is 1. The summed E-state index contributed by atoms with van der Waals surface area (Å²) in [7, 11) is 0. The van der Waals surface area contributed by atoms with E-state index in [1.807, 2.05) is 0 Å². The number of rotatable bonds is 5. The number of carboxylic acids is 1. The van der Waals surface area contributed by atoms with E-state index >= 15 is 0 Å². The SMILES string of the molecule is CC1CC1CNCc1ccc(C(=O)O)cn1. The van der Waals surface area contributed by atoms with Crippen LogP contribution < -0.4 is 5.32 Å². The number of nitrogens with one attached hydrogen (secondary N) is 1. The van der Waals surface area contributed by atoms with E-state index in [2.05, 4.69) is 17.2 Å². The summed E-state index contributed by atoms with van der Waals surface area (Å²) in [4.78, 5) is 14.7. The predicted molar refractivity (Wildman–Crippen MR) is 60.2 cm³/mol. The Labute approximate surface area is 94.7 Å². The van der Waals surface area contributed by atoms with E-state index in [0.29, 0.717) is 6.54 Å². The molecule has 4 heteroatoms. The number of nitrogens with zero attached hydrogens (tertiary/aromatic N) is 1. The van der Waals surface area contributed by atoms with Crippen molar-refractivity contribution >= 4 is 5.97 Å². The molecule has 0 amide bonds. The van der Waals surface area contributed by atoms with Crippen LogP contribution in [-0.2, 0) is 6.54 Å². The Hall–Kier alpha value is -1.42. The largest absolute Gasteiger partial charge is 0.478 e. The minimum absolute atomic E-state index is 0.236. The molecular weight excluding hydrogens is 204 g/mol. The maximum absolute atomic E-state index is 10.6. The van der Waals surface area contributed by atoms with Gasteiger partial charge in [-0.2, -0.15) is 0 Å². The van der Waals surface area contributed by atoms with Gasteiger partial charge in [-0.1, -0.05) is 6.92 Å². The minimum atomic E-state index is -0.932. The van der Waals surface area contributed by atoms with Gasteiger partial charge >= 0.3 is 5.97 Å². The lowest BCUT2D eigenvalue weighted by molar-refractivity contribution is 0.0696. The first-order valence-electron chi connectivity index (χ1n) is 5.55. The van der Waals surface area contributed by atoms with Crippen molar-refractivity contribution in [2.75, 3.05) is 6.54 Å². The fourth-order valence-electron chi connectivity index (χ4n) is 1.72. The highest BCUT2D eigenvalue weighted by Gasteiger charge is 2.31. The van der Waals surface area contributed by atoms with Gasteiger partial charge in [-0.3, -0.25) is 4.98 Å². The van der Waals surface area contributed by atoms with Crippen molar-refractivity contribution in [1.82, 2.24) is 10.3 Å². The molecule has 0 aromatic carbocycles. The fourth-order valence-corrected chi connectivity index (χ4v) is 1.72. The molecule has 1 fully saturated rings. The summed E-state index contributed by atoms with van der Waals surface area (Å²) in [5.41, 5.74) is 1.12. The van der Waals surface area contributed by atoms with Crippen molar-refractivity contribution in [1.29, 1.82) is 0 Å². The Balaban J connectivity index is 1.78. The molecule has 1 aromatic rings. The van der Waals surface area contributed by atoms with E-state index < -0.39 is 5.97 Å². The van der Waals surface area contributed by atoms with E-state index in [1.54, 1.807) is 12.1 Å². The molecule has 2 atom stereocenters. The normalized spacial score (nSPS) is 23.1. The van der Waals surface area contributed by atoms with Gasteiger partial charge in [0.05, 0.1) is 11.3 Å². The van der Waals surface area contributed by atoms with Gasteiger partial charge in [0.15, 0.2) is 0 Å². The quantitative estimate of drug-likeness (QED) is 0.789. The fraction of sp³-hybridized carbons (Fsp3) is 0.500. The van der Waals surface area contributed by atoms with Crippen LogP contribution in [0.2, 0.25) is 0 Å². The average molecular weight is 220 g/mol. The van der Waals surface area contributed by atoms with Gasteiger partial charge in [-0.15, -0.1) is 0 Å². The molecule has 2 rings (SSSR count). The van der Waals surface area contributed by atoms with Crippen LogP contribution in [0.4, 0.5) is 0 Å². The molecule has 1 heterocycles. The second kappa shape index (κ2) is 4.61. The second-order valence-electron chi connectivity index (χ2n) is 4.45. The lowest BCUT2D eigenvalue weighted by Crippen LogP contribution is -2.17. The Morgan fingerprint density at radius 2 is 2.38 bits per heavy atom. The maximum Gasteiger partial charge on any atom is 0.337 e. The summed E-state index contributed by atoms with van der Waals surface area (Å²) in [6, 6.07) is 3.35. The molecule has 2 unspecified atom stereocenters. The van der Waals surface area contributed by atoms with E-state index in [4.69, 9.17) is 5.11 Å². The predicted octanol–water partition coefficient (Wildman–Crippen LogP) is 1.53. The summed E-state index contributed by atoms with van der Waals surface area (Å²) < 4.78 is 0. The van der Waals surface area contributed by atoms with Crippen molar-refractivity contribution in [3.05, 3.63) is 29.6 Å². The van der Waals surface area contributed by atoms with Crippen molar-refractivity contribution in [3.8, 4) is 0 Å². The number of hydrogen-bond acceptors (Lipinski definition) is 3. The van der Waals surface area contributed by atoms with E-state index in [1.165, 1.54) is 12.6 Å². The number of aromatic nitrogens is 1. The first kappa shape index (κ1) is 11.1. The minimum Gasteiger partial charge on any atom is -0.478 e. The van der Waals surface area contributed by atoms with Crippen molar-refractivity contribution in [2.24, 2.45) is 11.8 Å². The van der Waals surface area contributed by atoms with Crippen molar-refractivity contribution in [2.45, 2.75) is 19.9 Å². The highest BCUT2D eigenvalue weighted by molar-refractivity contribution is 5.87. The standard InChI is InChI=1S/C12H16N2O2/c1-8-4-10(8)5-13-7-11-3-2-9(6-14-11)12(15)16/h2-3,6,8,10,13H,4-5,7H2,1H3,(H,15,16). The zero-order valence-corrected chi connectivity index (χ0v) is 9.31. The van der Waals surface area contributed by atoms with Crippen LogP contribution in [0.5, 0.6) is 0 Å². The molecule has 0 bridgehead atoms. The third-order valence-corrected chi connectivity index (χ3v) is 3.06. The molecule has 1 aliphatic rings. The molecule has 16 heavy (non-hydrogen) atoms. The third-order valence-electron chi connectivity index (χ3n) is 3.06. The molecule has 0 saturated heterocycles. The first-order chi connectivity index (χ1) is 7.66. The van der Waals surface area contributed by atoms with Crippen LogP contribution in [0.25, 0.3) is 0 Å². The molecule has 1 saturated carbocycles. The lowest BCUT2D eigenvalue weighted by atomic mass is 10.2. The number of hydrogen-bond donors (Lipinski definition) is 2. The molecule has 4 nitrogen and oxygen atoms in total. The molecule has 2 N–H and O–H groups in total. The molecule has 86 valence electrons. The van der Waals surface area contributed by atoms with Crippen LogP contribution >= 0.6 is 0 Å². The van der Waals surface area contributed by atoms with Crippen LogP contribution in [0.1, 0.15) is 29.4 Å². The molecule has 0 spiro atoms. The molecule has 1 aromatic heterocycles. The molecule has 0 aliphatic heterocycles. The zero-order chi connectivity index (χ0) is 11.5. The molecule has 0 radical (unpaired) electrons. The van der Waals surface area contributed by atoms with Gasteiger partial charge in [-0.05, 0) is 36.9 Å². The van der Waals surface area contributed by atoms with Gasteiger partial charge in [-0.25, -0.2) is 4.79 Å². The summed E-state index contributed by atoms with van der Waals surface area (Å²) >= 11 is 0. The Kier molecular flexibility index (Phi) is 3.19. The van der Waals surface area contributed by atoms with Gasteiger partial charge in [0.1, 0.15) is 0 Å². The van der Waals surface area contributed by atoms with E-state index in [9.17, 15) is 4.79 Å². The number of pyridine rings is 1. The van der Waals surface area contributed by atoms with Crippen LogP contribution in [0.3, 0.4) is 0 Å². The molecule has 1 aliphatic carbocycles. The summed E-state index contributed by atoms with van der Waals surface area (Å²) in [5.74, 6) is 0.743. The summed E-state index contributed by atoms with van der Waals surface area (Å²) in [5, 5.41) is 12.0. The second-order valence-corrected chi connectivity index (χ2v) is 4.45. The highest BCUT2D eigenvalue weighted by Crippen LogP contribution is 2.36. The average Bonchev–Trinajstić information content (AvgIpc) is 2.95. The number of carbonyl (C=O) groups is 1. The summed E-state index contributed by atoms with van der Waals surface area (Å²) in [6.07, 6.45) is 2.72. The molecular formula is C12H16N2O2. The van der Waals surface area contributed by atoms with Crippen LogP contribution in [-0.4, -0.2) is 22.6 Å². The highest BCUT2D eigenvalue weighted by atomic mass is 16.4. The number of carboxylic acid groups (broad SMARTS) is 1. The van der Waals surface area contributed by atoms with E-state index in [-0.39, 0.29) is 5.56 Å². The van der Waals surface area contributed by atoms with Gasteiger partial charge in [0.25, 0.3) is 0 Å². The van der Waals surface area contributed by atoms with Gasteiger partial charge in [0, 0.05) is 12.7 Å². The van der Waals surface area contributed by atoms with Crippen LogP contribution in [0, 0.1) is 11.8 Å². The van der Waals surface area contributed by atoms with E-state index in [0.717, 1.165) is 24.1 Å². The van der Waals surface area contributed by atoms with Crippen molar-refractivity contribution in [3.63, 3.8) is 0 Å².